The summed E-state index contributed by atoms with van der Waals surface area (Å²) in [6.07, 6.45) is 0.746. The van der Waals surface area contributed by atoms with Crippen molar-refractivity contribution < 1.29 is 32.6 Å². The first-order valence-corrected chi connectivity index (χ1v) is 12.3. The van der Waals surface area contributed by atoms with Crippen LogP contribution in [0.4, 0.5) is 18.9 Å². The molecule has 1 aromatic carbocycles. The van der Waals surface area contributed by atoms with E-state index in [0.717, 1.165) is 17.0 Å². The first-order valence-electron chi connectivity index (χ1n) is 11.9. The van der Waals surface area contributed by atoms with E-state index in [9.17, 15) is 18.4 Å². The summed E-state index contributed by atoms with van der Waals surface area (Å²) in [6.45, 7) is 5.77. The van der Waals surface area contributed by atoms with Crippen molar-refractivity contribution in [3.05, 3.63) is 47.7 Å². The van der Waals surface area contributed by atoms with Gasteiger partial charge >= 0.3 is 5.97 Å². The SMILES string of the molecule is CCc1nc(OCC(=O)O)c2cc(N3C(=S)N(C(/C=C/C(F)F)=C/C(C)CC#N)C(=O)C3(C)C)cc(F)c2n1. The Morgan fingerprint density at radius 3 is 2.62 bits per heavy atom. The zero-order chi connectivity index (χ0) is 29.1. The maximum atomic E-state index is 15.4. The van der Waals surface area contributed by atoms with Crippen LogP contribution in [0.3, 0.4) is 0 Å². The molecule has 1 aliphatic heterocycles. The van der Waals surface area contributed by atoms with E-state index in [1.54, 1.807) is 13.8 Å². The van der Waals surface area contributed by atoms with Crippen LogP contribution >= 0.6 is 12.2 Å². The van der Waals surface area contributed by atoms with Gasteiger partial charge in [0.25, 0.3) is 12.3 Å². The lowest BCUT2D eigenvalue weighted by molar-refractivity contribution is -0.139. The Balaban J connectivity index is 2.18. The number of ether oxygens (including phenoxy) is 1. The molecule has 1 unspecified atom stereocenters. The third kappa shape index (κ3) is 6.17. The van der Waals surface area contributed by atoms with Gasteiger partial charge in [0.05, 0.1) is 11.5 Å². The fourth-order valence-corrected chi connectivity index (χ4v) is 4.57. The summed E-state index contributed by atoms with van der Waals surface area (Å²) in [5.41, 5.74) is -1.34. The molecule has 2 heterocycles. The van der Waals surface area contributed by atoms with E-state index in [2.05, 4.69) is 9.97 Å². The molecule has 0 spiro atoms. The summed E-state index contributed by atoms with van der Waals surface area (Å²) in [4.78, 5) is 35.5. The van der Waals surface area contributed by atoms with Crippen molar-refractivity contribution in [1.29, 1.82) is 5.26 Å². The number of aryl methyl sites for hydroxylation is 1. The van der Waals surface area contributed by atoms with Gasteiger partial charge in [-0.1, -0.05) is 19.9 Å². The van der Waals surface area contributed by atoms with Crippen molar-refractivity contribution in [1.82, 2.24) is 14.9 Å². The Hall–Kier alpha value is -4.05. The molecule has 39 heavy (non-hydrogen) atoms. The van der Waals surface area contributed by atoms with E-state index in [1.165, 1.54) is 30.9 Å². The zero-order valence-electron chi connectivity index (χ0n) is 21.6. The van der Waals surface area contributed by atoms with Crippen LogP contribution in [0.15, 0.2) is 36.1 Å². The fourth-order valence-electron chi connectivity index (χ4n) is 4.05. The molecule has 0 radical (unpaired) electrons. The lowest BCUT2D eigenvalue weighted by Gasteiger charge is -2.29. The number of nitrogens with zero attached hydrogens (tertiary/aromatic N) is 5. The molecule has 1 saturated heterocycles. The monoisotopic (exact) mass is 561 g/mol. The Morgan fingerprint density at radius 1 is 1.33 bits per heavy atom. The van der Waals surface area contributed by atoms with Crippen molar-refractivity contribution in [3.63, 3.8) is 0 Å². The highest BCUT2D eigenvalue weighted by molar-refractivity contribution is 7.80. The molecule has 1 amide bonds. The summed E-state index contributed by atoms with van der Waals surface area (Å²) in [7, 11) is 0. The fraction of sp³-hybridized carbons (Fsp3) is 0.385. The molecule has 13 heteroatoms. The highest BCUT2D eigenvalue weighted by Crippen LogP contribution is 2.39. The van der Waals surface area contributed by atoms with Gasteiger partial charge in [0.2, 0.25) is 5.88 Å². The van der Waals surface area contributed by atoms with E-state index in [4.69, 9.17) is 27.3 Å². The maximum Gasteiger partial charge on any atom is 0.341 e. The number of fused-ring (bicyclic) bond motifs is 1. The third-order valence-corrected chi connectivity index (χ3v) is 6.23. The summed E-state index contributed by atoms with van der Waals surface area (Å²) in [5, 5.41) is 18.0. The molecule has 1 fully saturated rings. The first-order chi connectivity index (χ1) is 18.3. The minimum atomic E-state index is -2.80. The number of aliphatic carboxylic acids is 1. The minimum Gasteiger partial charge on any atom is -0.479 e. The van der Waals surface area contributed by atoms with Crippen LogP contribution in [0.5, 0.6) is 5.88 Å². The summed E-state index contributed by atoms with van der Waals surface area (Å²) < 4.78 is 46.8. The van der Waals surface area contributed by atoms with Gasteiger partial charge in [-0.05, 0) is 56.3 Å². The predicted molar refractivity (Wildman–Crippen MR) is 141 cm³/mol. The summed E-state index contributed by atoms with van der Waals surface area (Å²) >= 11 is 5.61. The Morgan fingerprint density at radius 2 is 2.03 bits per heavy atom. The molecule has 1 N–H and O–H groups in total. The molecular formula is C26H26F3N5O4S. The number of carbonyl (C=O) groups is 2. The Labute approximate surface area is 228 Å². The number of rotatable bonds is 10. The van der Waals surface area contributed by atoms with Gasteiger partial charge in [0, 0.05) is 24.2 Å². The molecule has 9 nitrogen and oxygen atoms in total. The number of aromatic nitrogens is 2. The molecule has 0 bridgehead atoms. The number of amides is 1. The molecule has 1 aliphatic rings. The second-order valence-corrected chi connectivity index (χ2v) is 9.61. The topological polar surface area (TPSA) is 120 Å². The molecular weight excluding hydrogens is 535 g/mol. The largest absolute Gasteiger partial charge is 0.479 e. The van der Waals surface area contributed by atoms with Crippen molar-refractivity contribution in [2.75, 3.05) is 11.5 Å². The predicted octanol–water partition coefficient (Wildman–Crippen LogP) is 4.76. The van der Waals surface area contributed by atoms with Gasteiger partial charge in [-0.25, -0.2) is 22.9 Å². The van der Waals surface area contributed by atoms with Gasteiger partial charge in [0.15, 0.2) is 17.5 Å². The quantitative estimate of drug-likeness (QED) is 0.323. The smallest absolute Gasteiger partial charge is 0.341 e. The molecule has 1 aromatic heterocycles. The summed E-state index contributed by atoms with van der Waals surface area (Å²) in [5.74, 6) is -2.93. The van der Waals surface area contributed by atoms with Crippen molar-refractivity contribution in [2.24, 2.45) is 5.92 Å². The molecule has 1 atom stereocenters. The van der Waals surface area contributed by atoms with Crippen LogP contribution in [0, 0.1) is 23.1 Å². The van der Waals surface area contributed by atoms with Crippen molar-refractivity contribution in [2.45, 2.75) is 52.5 Å². The lowest BCUT2D eigenvalue weighted by atomic mass is 10.0. The first kappa shape index (κ1) is 29.5. The van der Waals surface area contributed by atoms with Gasteiger partial charge in [-0.3, -0.25) is 9.69 Å². The van der Waals surface area contributed by atoms with E-state index in [-0.39, 0.29) is 45.5 Å². The van der Waals surface area contributed by atoms with Gasteiger partial charge in [-0.15, -0.1) is 0 Å². The van der Waals surface area contributed by atoms with Gasteiger partial charge in [-0.2, -0.15) is 10.2 Å². The normalized spacial score (nSPS) is 16.4. The van der Waals surface area contributed by atoms with Crippen LogP contribution in [0.1, 0.15) is 39.9 Å². The number of carboxylic acid groups (broad SMARTS) is 1. The maximum absolute atomic E-state index is 15.4. The van der Waals surface area contributed by atoms with Gasteiger partial charge < -0.3 is 14.7 Å². The highest BCUT2D eigenvalue weighted by atomic mass is 32.1. The van der Waals surface area contributed by atoms with E-state index in [0.29, 0.717) is 12.5 Å². The van der Waals surface area contributed by atoms with Crippen LogP contribution in [-0.2, 0) is 16.0 Å². The average molecular weight is 562 g/mol. The number of carbonyl (C=O) groups excluding carboxylic acids is 1. The van der Waals surface area contributed by atoms with E-state index in [1.807, 2.05) is 6.07 Å². The number of allylic oxidation sites excluding steroid dienone is 3. The lowest BCUT2D eigenvalue weighted by Crippen LogP contribution is -2.44. The van der Waals surface area contributed by atoms with E-state index >= 15 is 4.39 Å². The number of carboxylic acids is 1. The standard InChI is InChI=1S/C26H26F3N5O4S/c1-5-20-31-22-17(23(32-20)38-13-21(35)36)11-16(12-18(22)27)34-25(39)33(24(37)26(34,3)4)15(6-7-19(28)29)10-14(2)8-9-30/h6-7,10-12,14,19H,5,8,13H2,1-4H3,(H,35,36)/b7-6+,15-10+. The number of nitriles is 1. The number of benzene rings is 1. The third-order valence-electron chi connectivity index (χ3n) is 5.86. The Kier molecular flexibility index (Phi) is 8.91. The number of thiocarbonyl (C=S) groups is 1. The zero-order valence-corrected chi connectivity index (χ0v) is 22.4. The number of alkyl halides is 2. The average Bonchev–Trinajstić information content (AvgIpc) is 3.03. The number of hydrogen-bond acceptors (Lipinski definition) is 7. The van der Waals surface area contributed by atoms with Crippen LogP contribution in [-0.4, -0.2) is 55.5 Å². The van der Waals surface area contributed by atoms with Crippen LogP contribution in [0.25, 0.3) is 10.9 Å². The number of hydrogen-bond donors (Lipinski definition) is 1. The molecule has 206 valence electrons. The number of anilines is 1. The Bertz CT molecular complexity index is 1420. The molecule has 0 aliphatic carbocycles. The second-order valence-electron chi connectivity index (χ2n) is 9.25. The summed E-state index contributed by atoms with van der Waals surface area (Å²) in [6, 6.07) is 4.54. The van der Waals surface area contributed by atoms with Gasteiger partial charge in [0.1, 0.15) is 16.9 Å². The molecule has 2 aromatic rings. The van der Waals surface area contributed by atoms with E-state index < -0.39 is 42.2 Å². The second kappa shape index (κ2) is 11.8. The number of halogens is 3. The highest BCUT2D eigenvalue weighted by Gasteiger charge is 2.50. The van der Waals surface area contributed by atoms with Crippen LogP contribution < -0.4 is 9.64 Å². The van der Waals surface area contributed by atoms with Crippen molar-refractivity contribution in [3.8, 4) is 11.9 Å². The molecule has 0 saturated carbocycles. The minimum absolute atomic E-state index is 0.0475. The molecule has 3 rings (SSSR count). The van der Waals surface area contributed by atoms with Crippen molar-refractivity contribution >= 4 is 45.8 Å². The van der Waals surface area contributed by atoms with Crippen LogP contribution in [0.2, 0.25) is 0 Å².